The molecule has 1 N–H and O–H groups in total. The van der Waals surface area contributed by atoms with Crippen molar-refractivity contribution in [3.8, 4) is 28.8 Å². The molecule has 0 radical (unpaired) electrons. The summed E-state index contributed by atoms with van der Waals surface area (Å²) in [5.74, 6) is 1.29. The Balaban J connectivity index is 0.976. The Labute approximate surface area is 356 Å². The van der Waals surface area contributed by atoms with Crippen LogP contribution in [0.4, 0.5) is 11.6 Å². The Hall–Kier alpha value is -4.85. The summed E-state index contributed by atoms with van der Waals surface area (Å²) in [4.78, 5) is 11.8. The van der Waals surface area contributed by atoms with Gasteiger partial charge in [0.05, 0.1) is 110 Å². The van der Waals surface area contributed by atoms with Crippen molar-refractivity contribution in [1.29, 1.82) is 5.26 Å². The fourth-order valence-corrected chi connectivity index (χ4v) is 7.04. The van der Waals surface area contributed by atoms with Crippen LogP contribution in [0.3, 0.4) is 0 Å². The molecular weight excluding hydrogens is 791 g/mol. The molecule has 0 spiro atoms. The predicted molar refractivity (Wildman–Crippen MR) is 221 cm³/mol. The van der Waals surface area contributed by atoms with Gasteiger partial charge in [0.1, 0.15) is 36.5 Å². The second-order valence-corrected chi connectivity index (χ2v) is 14.5. The lowest BCUT2D eigenvalue weighted by atomic mass is 9.90. The Morgan fingerprint density at radius 3 is 2.05 bits per heavy atom. The van der Waals surface area contributed by atoms with Crippen LogP contribution in [-0.2, 0) is 39.7 Å². The molecule has 20 nitrogen and oxygen atoms in total. The lowest BCUT2D eigenvalue weighted by Crippen LogP contribution is -2.45. The maximum absolute atomic E-state index is 9.73. The molecule has 1 aliphatic heterocycles. The summed E-state index contributed by atoms with van der Waals surface area (Å²) in [5.41, 5.74) is 2.64. The summed E-state index contributed by atoms with van der Waals surface area (Å²) in [6.07, 6.45) is 10.9. The van der Waals surface area contributed by atoms with E-state index in [2.05, 4.69) is 41.8 Å². The van der Waals surface area contributed by atoms with Crippen molar-refractivity contribution in [2.24, 2.45) is 0 Å². The zero-order chi connectivity index (χ0) is 42.3. The van der Waals surface area contributed by atoms with Gasteiger partial charge in [-0.05, 0) is 60.7 Å². The highest BCUT2D eigenvalue weighted by molar-refractivity contribution is 5.67. The van der Waals surface area contributed by atoms with Gasteiger partial charge in [0.2, 0.25) is 5.95 Å². The van der Waals surface area contributed by atoms with Crippen LogP contribution in [0.1, 0.15) is 44.2 Å². The molecule has 1 atom stereocenters. The third-order valence-corrected chi connectivity index (χ3v) is 10.2. The number of nitriles is 1. The zero-order valence-electron chi connectivity index (χ0n) is 35.3. The molecule has 2 aliphatic rings. The molecular formula is C41H59N11O9. The number of benzene rings is 1. The first-order valence-corrected chi connectivity index (χ1v) is 21.0. The lowest BCUT2D eigenvalue weighted by Gasteiger charge is -2.38. The fourth-order valence-electron chi connectivity index (χ4n) is 7.04. The highest BCUT2D eigenvalue weighted by atomic mass is 16.6. The topological polar surface area (TPSA) is 209 Å². The van der Waals surface area contributed by atoms with E-state index in [-0.39, 0.29) is 12.1 Å². The largest absolute Gasteiger partial charge is 0.487 e. The van der Waals surface area contributed by atoms with E-state index in [1.165, 1.54) is 6.33 Å². The van der Waals surface area contributed by atoms with Crippen molar-refractivity contribution in [3.63, 3.8) is 0 Å². The van der Waals surface area contributed by atoms with Crippen LogP contribution in [0, 0.1) is 11.3 Å². The summed E-state index contributed by atoms with van der Waals surface area (Å²) >= 11 is 0. The highest BCUT2D eigenvalue weighted by Crippen LogP contribution is 2.35. The minimum atomic E-state index is -0.289. The third kappa shape index (κ3) is 15.2. The van der Waals surface area contributed by atoms with Crippen molar-refractivity contribution in [3.05, 3.63) is 48.7 Å². The SMILES string of the molecule is COCCOCCOCCOCCOCCOCCOc1nn(C2CCC(N3CCOCC3)CC2)cc1Nc1ncc(-c2ccc(C#N)c(O[C@@H](C)Cn3cnnn3)c2)cn1. The van der Waals surface area contributed by atoms with Gasteiger partial charge < -0.3 is 47.9 Å². The quantitative estimate of drug-likeness (QED) is 0.0813. The van der Waals surface area contributed by atoms with Crippen LogP contribution in [-0.4, -0.2) is 170 Å². The van der Waals surface area contributed by atoms with E-state index >= 15 is 0 Å². The van der Waals surface area contributed by atoms with Crippen LogP contribution < -0.4 is 14.8 Å². The van der Waals surface area contributed by atoms with Crippen molar-refractivity contribution in [1.82, 2.24) is 44.9 Å². The van der Waals surface area contributed by atoms with Gasteiger partial charge in [-0.2, -0.15) is 5.26 Å². The van der Waals surface area contributed by atoms with Gasteiger partial charge in [-0.25, -0.2) is 14.6 Å². The van der Waals surface area contributed by atoms with Crippen LogP contribution in [0.25, 0.3) is 11.1 Å². The zero-order valence-corrected chi connectivity index (χ0v) is 35.3. The van der Waals surface area contributed by atoms with E-state index in [4.69, 9.17) is 47.7 Å². The first kappa shape index (κ1) is 45.7. The van der Waals surface area contributed by atoms with Crippen LogP contribution >= 0.6 is 0 Å². The fraction of sp³-hybridized carbons (Fsp3) is 0.634. The van der Waals surface area contributed by atoms with Gasteiger partial charge in [-0.1, -0.05) is 6.07 Å². The number of nitrogens with zero attached hydrogens (tertiary/aromatic N) is 10. The minimum Gasteiger partial charge on any atom is -0.487 e. The molecule has 1 aromatic carbocycles. The number of aromatic nitrogens is 8. The van der Waals surface area contributed by atoms with Crippen LogP contribution in [0.15, 0.2) is 43.1 Å². The molecule has 0 unspecified atom stereocenters. The maximum Gasteiger partial charge on any atom is 0.257 e. The monoisotopic (exact) mass is 849 g/mol. The van der Waals surface area contributed by atoms with Gasteiger partial charge in [0.15, 0.2) is 0 Å². The molecule has 6 rings (SSSR count). The number of morpholine rings is 1. The maximum atomic E-state index is 9.73. The minimum absolute atomic E-state index is 0.248. The molecule has 4 heterocycles. The molecule has 4 aromatic rings. The molecule has 20 heteroatoms. The van der Waals surface area contributed by atoms with Gasteiger partial charge in [0, 0.05) is 44.2 Å². The number of hydrogen-bond donors (Lipinski definition) is 1. The van der Waals surface area contributed by atoms with Crippen molar-refractivity contribution in [2.75, 3.05) is 118 Å². The average Bonchev–Trinajstić information content (AvgIpc) is 3.96. The van der Waals surface area contributed by atoms with Gasteiger partial charge in [0.25, 0.3) is 5.88 Å². The normalized spacial score (nSPS) is 17.5. The van der Waals surface area contributed by atoms with E-state index < -0.39 is 0 Å². The summed E-state index contributed by atoms with van der Waals surface area (Å²) in [6, 6.07) is 8.41. The Kier molecular flexibility index (Phi) is 19.3. The highest BCUT2D eigenvalue weighted by Gasteiger charge is 2.29. The number of anilines is 2. The number of tetrazole rings is 1. The van der Waals surface area contributed by atoms with E-state index in [0.717, 1.165) is 63.1 Å². The first-order chi connectivity index (χ1) is 30.1. The number of methoxy groups -OCH3 is 1. The van der Waals surface area contributed by atoms with Gasteiger partial charge >= 0.3 is 0 Å². The average molecular weight is 850 g/mol. The van der Waals surface area contributed by atoms with E-state index in [9.17, 15) is 5.26 Å². The number of hydrogen-bond acceptors (Lipinski definition) is 18. The molecule has 332 valence electrons. The summed E-state index contributed by atoms with van der Waals surface area (Å²) < 4.78 is 54.2. The van der Waals surface area contributed by atoms with E-state index in [1.54, 1.807) is 30.3 Å². The molecule has 2 fully saturated rings. The number of ether oxygens (including phenoxy) is 9. The molecule has 1 saturated carbocycles. The van der Waals surface area contributed by atoms with Crippen molar-refractivity contribution in [2.45, 2.75) is 57.3 Å². The Morgan fingerprint density at radius 1 is 0.820 bits per heavy atom. The van der Waals surface area contributed by atoms with Crippen molar-refractivity contribution >= 4 is 11.6 Å². The smallest absolute Gasteiger partial charge is 0.257 e. The predicted octanol–water partition coefficient (Wildman–Crippen LogP) is 3.33. The molecule has 0 bridgehead atoms. The van der Waals surface area contributed by atoms with Crippen LogP contribution in [0.5, 0.6) is 11.6 Å². The van der Waals surface area contributed by atoms with E-state index in [1.807, 2.05) is 29.9 Å². The second kappa shape index (κ2) is 25.8. The lowest BCUT2D eigenvalue weighted by molar-refractivity contribution is -0.0160. The molecule has 0 amide bonds. The molecule has 1 aliphatic carbocycles. The Bertz CT molecular complexity index is 1850. The first-order valence-electron chi connectivity index (χ1n) is 21.0. The molecule has 1 saturated heterocycles. The molecule has 61 heavy (non-hydrogen) atoms. The third-order valence-electron chi connectivity index (χ3n) is 10.2. The number of nitrogens with one attached hydrogen (secondary N) is 1. The molecule has 3 aromatic heterocycles. The standard InChI is InChI=1S/C41H59N11O9/c1-32(29-51-31-45-48-49-51)61-39-25-33(3-4-34(39)26-42)35-27-43-41(44-28-35)46-38-30-52(37-7-5-36(6-8-37)50-9-11-54-12-10-50)47-40(38)60-24-23-59-22-21-58-20-19-57-18-17-56-16-15-55-14-13-53-2/h3-4,25,27-28,30-32,36-37H,5-24,29H2,1-2H3,(H,43,44,46)/t32-,36?,37?/m0/s1. The number of rotatable bonds is 28. The van der Waals surface area contributed by atoms with Gasteiger partial charge in [-0.15, -0.1) is 10.2 Å². The second-order valence-electron chi connectivity index (χ2n) is 14.5. The Morgan fingerprint density at radius 2 is 1.44 bits per heavy atom. The van der Waals surface area contributed by atoms with Crippen molar-refractivity contribution < 1.29 is 42.6 Å². The summed E-state index contributed by atoms with van der Waals surface area (Å²) in [7, 11) is 1.64. The summed E-state index contributed by atoms with van der Waals surface area (Å²) in [5, 5.41) is 29.2. The van der Waals surface area contributed by atoms with Gasteiger partial charge in [-0.3, -0.25) is 9.58 Å². The van der Waals surface area contributed by atoms with E-state index in [0.29, 0.717) is 121 Å². The summed E-state index contributed by atoms with van der Waals surface area (Å²) in [6.45, 7) is 11.6. The van der Waals surface area contributed by atoms with Crippen LogP contribution in [0.2, 0.25) is 0 Å².